The molecule has 108 valence electrons. The number of amides is 1. The molecule has 1 aromatic rings. The van der Waals surface area contributed by atoms with Crippen LogP contribution < -0.4 is 5.73 Å². The van der Waals surface area contributed by atoms with E-state index in [0.717, 1.165) is 11.1 Å². The van der Waals surface area contributed by atoms with Crippen molar-refractivity contribution in [2.75, 3.05) is 20.2 Å². The van der Waals surface area contributed by atoms with Crippen molar-refractivity contribution in [3.8, 4) is 11.8 Å². The molecule has 0 aromatic heterocycles. The third-order valence-electron chi connectivity index (χ3n) is 3.40. The van der Waals surface area contributed by atoms with E-state index in [0.29, 0.717) is 5.56 Å². The molecule has 0 spiro atoms. The number of benzene rings is 1. The van der Waals surface area contributed by atoms with Gasteiger partial charge in [0.15, 0.2) is 0 Å². The summed E-state index contributed by atoms with van der Waals surface area (Å²) in [5.41, 5.74) is 6.98. The van der Waals surface area contributed by atoms with E-state index in [1.807, 2.05) is 32.9 Å². The molecule has 0 aliphatic rings. The molecule has 0 saturated heterocycles. The van der Waals surface area contributed by atoms with E-state index >= 15 is 0 Å². The first-order chi connectivity index (χ1) is 9.33. The SMILES string of the molecule is Cc1ccc(C#CCN)cc1C(=O)N(C)C(C)(C)CO. The molecule has 3 N–H and O–H groups in total. The number of carbonyl (C=O) groups excluding carboxylic acids is 1. The Kier molecular flexibility index (Phi) is 5.32. The largest absolute Gasteiger partial charge is 0.394 e. The average molecular weight is 274 g/mol. The van der Waals surface area contributed by atoms with Crippen LogP contribution in [-0.4, -0.2) is 41.7 Å². The fraction of sp³-hybridized carbons (Fsp3) is 0.438. The number of nitrogens with two attached hydrogens (primary N) is 1. The number of carbonyl (C=O) groups is 1. The van der Waals surface area contributed by atoms with Crippen molar-refractivity contribution in [1.82, 2.24) is 4.90 Å². The van der Waals surface area contributed by atoms with Crippen molar-refractivity contribution >= 4 is 5.91 Å². The summed E-state index contributed by atoms with van der Waals surface area (Å²) in [6.45, 7) is 5.71. The summed E-state index contributed by atoms with van der Waals surface area (Å²) in [5, 5.41) is 9.37. The van der Waals surface area contributed by atoms with Gasteiger partial charge in [-0.25, -0.2) is 0 Å². The zero-order valence-corrected chi connectivity index (χ0v) is 12.5. The number of nitrogens with zero attached hydrogens (tertiary/aromatic N) is 1. The summed E-state index contributed by atoms with van der Waals surface area (Å²) in [4.78, 5) is 14.1. The number of aliphatic hydroxyl groups is 1. The van der Waals surface area contributed by atoms with Crippen LogP contribution in [0.25, 0.3) is 0 Å². The molecule has 4 nitrogen and oxygen atoms in total. The van der Waals surface area contributed by atoms with E-state index in [-0.39, 0.29) is 19.1 Å². The third kappa shape index (κ3) is 3.60. The molecule has 0 unspecified atom stereocenters. The van der Waals surface area contributed by atoms with E-state index in [1.54, 1.807) is 18.0 Å². The Morgan fingerprint density at radius 3 is 2.65 bits per heavy atom. The van der Waals surface area contributed by atoms with Crippen LogP contribution in [0.1, 0.15) is 35.3 Å². The Labute approximate surface area is 120 Å². The van der Waals surface area contributed by atoms with Crippen molar-refractivity contribution in [3.63, 3.8) is 0 Å². The molecule has 0 heterocycles. The molecule has 1 aromatic carbocycles. The molecule has 0 aliphatic heterocycles. The summed E-state index contributed by atoms with van der Waals surface area (Å²) in [6.07, 6.45) is 0. The van der Waals surface area contributed by atoms with Crippen LogP contribution in [0.5, 0.6) is 0 Å². The molecule has 0 bridgehead atoms. The highest BCUT2D eigenvalue weighted by atomic mass is 16.3. The standard InChI is InChI=1S/C16H22N2O2/c1-12-7-8-13(6-5-9-17)10-14(12)15(20)18(4)16(2,3)11-19/h7-8,10,19H,9,11,17H2,1-4H3. The van der Waals surface area contributed by atoms with E-state index in [1.165, 1.54) is 0 Å². The van der Waals surface area contributed by atoms with Gasteiger partial charge in [-0.3, -0.25) is 4.79 Å². The van der Waals surface area contributed by atoms with Gasteiger partial charge in [0.05, 0.1) is 18.7 Å². The smallest absolute Gasteiger partial charge is 0.254 e. The number of likely N-dealkylation sites (N-methyl/N-ethyl adjacent to an activating group) is 1. The molecule has 20 heavy (non-hydrogen) atoms. The first kappa shape index (κ1) is 16.2. The van der Waals surface area contributed by atoms with Crippen LogP contribution in [0.2, 0.25) is 0 Å². The van der Waals surface area contributed by atoms with Gasteiger partial charge in [-0.15, -0.1) is 0 Å². The average Bonchev–Trinajstić information content (AvgIpc) is 2.44. The predicted octanol–water partition coefficient (Wildman–Crippen LogP) is 1.15. The minimum atomic E-state index is -0.609. The molecular weight excluding hydrogens is 252 g/mol. The number of aryl methyl sites for hydroxylation is 1. The molecule has 1 rings (SSSR count). The summed E-state index contributed by atoms with van der Waals surface area (Å²) in [6, 6.07) is 5.50. The maximum Gasteiger partial charge on any atom is 0.254 e. The van der Waals surface area contributed by atoms with Gasteiger partial charge >= 0.3 is 0 Å². The molecule has 0 radical (unpaired) electrons. The number of hydrogen-bond acceptors (Lipinski definition) is 3. The van der Waals surface area contributed by atoms with Crippen LogP contribution in [0.4, 0.5) is 0 Å². The van der Waals surface area contributed by atoms with Gasteiger partial charge in [-0.1, -0.05) is 17.9 Å². The van der Waals surface area contributed by atoms with Gasteiger partial charge in [0.25, 0.3) is 5.91 Å². The van der Waals surface area contributed by atoms with E-state index < -0.39 is 5.54 Å². The third-order valence-corrected chi connectivity index (χ3v) is 3.40. The van der Waals surface area contributed by atoms with Crippen LogP contribution in [0.15, 0.2) is 18.2 Å². The summed E-state index contributed by atoms with van der Waals surface area (Å²) < 4.78 is 0. The summed E-state index contributed by atoms with van der Waals surface area (Å²) >= 11 is 0. The molecule has 0 aliphatic carbocycles. The summed E-state index contributed by atoms with van der Waals surface area (Å²) in [5.74, 6) is 5.57. The Morgan fingerprint density at radius 2 is 2.10 bits per heavy atom. The van der Waals surface area contributed by atoms with E-state index in [9.17, 15) is 9.90 Å². The zero-order valence-electron chi connectivity index (χ0n) is 12.5. The van der Waals surface area contributed by atoms with Crippen LogP contribution in [0, 0.1) is 18.8 Å². The van der Waals surface area contributed by atoms with Crippen molar-refractivity contribution in [2.24, 2.45) is 5.73 Å². The predicted molar refractivity (Wildman–Crippen MR) is 80.4 cm³/mol. The highest BCUT2D eigenvalue weighted by Gasteiger charge is 2.28. The summed E-state index contributed by atoms with van der Waals surface area (Å²) in [7, 11) is 1.69. The van der Waals surface area contributed by atoms with Gasteiger partial charge in [0.2, 0.25) is 0 Å². The van der Waals surface area contributed by atoms with Gasteiger partial charge in [-0.2, -0.15) is 0 Å². The fourth-order valence-corrected chi connectivity index (χ4v) is 1.64. The lowest BCUT2D eigenvalue weighted by molar-refractivity contribution is 0.0472. The molecule has 0 atom stereocenters. The molecule has 1 amide bonds. The van der Waals surface area contributed by atoms with Crippen LogP contribution >= 0.6 is 0 Å². The number of rotatable bonds is 3. The quantitative estimate of drug-likeness (QED) is 0.813. The van der Waals surface area contributed by atoms with Crippen molar-refractivity contribution in [2.45, 2.75) is 26.3 Å². The highest BCUT2D eigenvalue weighted by molar-refractivity contribution is 5.96. The molecule has 4 heteroatoms. The number of aliphatic hydroxyl groups excluding tert-OH is 1. The molecule has 0 saturated carbocycles. The molecule has 0 fully saturated rings. The van der Waals surface area contributed by atoms with Gasteiger partial charge < -0.3 is 15.7 Å². The minimum Gasteiger partial charge on any atom is -0.394 e. The second kappa shape index (κ2) is 6.56. The first-order valence-electron chi connectivity index (χ1n) is 6.52. The Bertz CT molecular complexity index is 553. The number of hydrogen-bond donors (Lipinski definition) is 2. The van der Waals surface area contributed by atoms with Gasteiger partial charge in [-0.05, 0) is 38.5 Å². The maximum absolute atomic E-state index is 12.5. The topological polar surface area (TPSA) is 66.6 Å². The lowest BCUT2D eigenvalue weighted by Crippen LogP contribution is -2.47. The van der Waals surface area contributed by atoms with E-state index in [4.69, 9.17) is 5.73 Å². The van der Waals surface area contributed by atoms with Crippen LogP contribution in [0.3, 0.4) is 0 Å². The monoisotopic (exact) mass is 274 g/mol. The van der Waals surface area contributed by atoms with Gasteiger partial charge in [0.1, 0.15) is 0 Å². The maximum atomic E-state index is 12.5. The van der Waals surface area contributed by atoms with E-state index in [2.05, 4.69) is 11.8 Å². The van der Waals surface area contributed by atoms with Gasteiger partial charge in [0, 0.05) is 18.2 Å². The lowest BCUT2D eigenvalue weighted by atomic mass is 10.00. The Morgan fingerprint density at radius 1 is 1.45 bits per heavy atom. The highest BCUT2D eigenvalue weighted by Crippen LogP contribution is 2.18. The van der Waals surface area contributed by atoms with Crippen LogP contribution in [-0.2, 0) is 0 Å². The van der Waals surface area contributed by atoms with Crippen molar-refractivity contribution < 1.29 is 9.90 Å². The molecular formula is C16H22N2O2. The van der Waals surface area contributed by atoms with Crippen molar-refractivity contribution in [1.29, 1.82) is 0 Å². The second-order valence-corrected chi connectivity index (χ2v) is 5.37. The zero-order chi connectivity index (χ0) is 15.3. The van der Waals surface area contributed by atoms with Crippen molar-refractivity contribution in [3.05, 3.63) is 34.9 Å². The lowest BCUT2D eigenvalue weighted by Gasteiger charge is -2.34. The first-order valence-corrected chi connectivity index (χ1v) is 6.52. The Hall–Kier alpha value is -1.83. The Balaban J connectivity index is 3.15. The second-order valence-electron chi connectivity index (χ2n) is 5.37. The fourth-order valence-electron chi connectivity index (χ4n) is 1.64. The normalized spacial score (nSPS) is 10.7. The minimum absolute atomic E-state index is 0.0963.